The molecule has 1 atom stereocenters. The van der Waals surface area contributed by atoms with Gasteiger partial charge in [0.1, 0.15) is 5.69 Å². The molecule has 0 saturated heterocycles. The van der Waals surface area contributed by atoms with Gasteiger partial charge >= 0.3 is 6.03 Å². The second-order valence-electron chi connectivity index (χ2n) is 6.62. The van der Waals surface area contributed by atoms with E-state index in [2.05, 4.69) is 46.6 Å². The van der Waals surface area contributed by atoms with E-state index in [9.17, 15) is 9.90 Å². The summed E-state index contributed by atoms with van der Waals surface area (Å²) in [6.45, 7) is 6.07. The fourth-order valence-electron chi connectivity index (χ4n) is 2.33. The number of hydrogen-bond acceptors (Lipinski definition) is 4. The number of carbonyl (C=O) groups is 1. The van der Waals surface area contributed by atoms with Crippen molar-refractivity contribution in [2.24, 2.45) is 5.41 Å². The number of nitrogens with one attached hydrogen (secondary N) is 3. The highest BCUT2D eigenvalue weighted by Gasteiger charge is 2.20. The molecule has 0 aromatic carbocycles. The second-order valence-corrected chi connectivity index (χ2v) is 6.62. The number of aliphatic hydroxyl groups excluding tert-OH is 1. The lowest BCUT2D eigenvalue weighted by atomic mass is 9.88. The molecule has 0 saturated carbocycles. The van der Waals surface area contributed by atoms with Crippen molar-refractivity contribution >= 4 is 11.7 Å². The molecule has 7 heteroatoms. The van der Waals surface area contributed by atoms with Crippen LogP contribution in [0.2, 0.25) is 0 Å². The lowest BCUT2D eigenvalue weighted by Crippen LogP contribution is -2.42. The highest BCUT2D eigenvalue weighted by molar-refractivity contribution is 5.93. The number of aromatic amines is 1. The molecule has 7 nitrogen and oxygen atoms in total. The zero-order valence-electron chi connectivity index (χ0n) is 13.6. The molecular weight excluding hydrogens is 294 g/mol. The number of amides is 2. The Morgan fingerprint density at radius 3 is 2.78 bits per heavy atom. The number of aromatic nitrogens is 3. The van der Waals surface area contributed by atoms with E-state index in [1.165, 1.54) is 6.20 Å². The third kappa shape index (κ3) is 5.07. The molecule has 23 heavy (non-hydrogen) atoms. The number of anilines is 1. The molecule has 2 amide bonds. The highest BCUT2D eigenvalue weighted by atomic mass is 16.3. The first-order chi connectivity index (χ1) is 10.9. The molecule has 2 aromatic rings. The van der Waals surface area contributed by atoms with Gasteiger partial charge < -0.3 is 15.7 Å². The zero-order chi connectivity index (χ0) is 16.9. The predicted molar refractivity (Wildman–Crippen MR) is 88.9 cm³/mol. The number of pyridine rings is 1. The third-order valence-electron chi connectivity index (χ3n) is 3.22. The predicted octanol–water partition coefficient (Wildman–Crippen LogP) is 2.39. The van der Waals surface area contributed by atoms with E-state index in [4.69, 9.17) is 0 Å². The van der Waals surface area contributed by atoms with Gasteiger partial charge in [0.05, 0.1) is 30.2 Å². The Morgan fingerprint density at radius 1 is 1.39 bits per heavy atom. The Hall–Kier alpha value is -2.41. The summed E-state index contributed by atoms with van der Waals surface area (Å²) in [6, 6.07) is 4.81. The molecule has 0 fully saturated rings. The Labute approximate surface area is 135 Å². The van der Waals surface area contributed by atoms with E-state index in [0.29, 0.717) is 23.5 Å². The minimum absolute atomic E-state index is 0.00936. The minimum atomic E-state index is -0.383. The maximum atomic E-state index is 12.2. The summed E-state index contributed by atoms with van der Waals surface area (Å²) in [6.07, 6.45) is 3.88. The van der Waals surface area contributed by atoms with Crippen LogP contribution in [-0.2, 0) is 0 Å². The van der Waals surface area contributed by atoms with E-state index >= 15 is 0 Å². The van der Waals surface area contributed by atoms with Gasteiger partial charge in [0.25, 0.3) is 0 Å². The van der Waals surface area contributed by atoms with Gasteiger partial charge in [0, 0.05) is 6.20 Å². The normalized spacial score (nSPS) is 12.7. The van der Waals surface area contributed by atoms with Crippen LogP contribution < -0.4 is 10.6 Å². The molecule has 2 heterocycles. The molecule has 0 aliphatic rings. The minimum Gasteiger partial charge on any atom is -0.394 e. The van der Waals surface area contributed by atoms with Crippen LogP contribution in [0.1, 0.15) is 27.2 Å². The Bertz CT molecular complexity index is 633. The van der Waals surface area contributed by atoms with Crippen molar-refractivity contribution in [3.05, 3.63) is 30.6 Å². The van der Waals surface area contributed by atoms with E-state index in [1.807, 2.05) is 18.2 Å². The number of aliphatic hydroxyl groups is 1. The SMILES string of the molecule is CC(C)(C)CC(CO)NC(=O)Nc1cn[nH]c1-c1ccccn1. The van der Waals surface area contributed by atoms with Crippen molar-refractivity contribution in [1.29, 1.82) is 0 Å². The Morgan fingerprint density at radius 2 is 2.17 bits per heavy atom. The lowest BCUT2D eigenvalue weighted by Gasteiger charge is -2.25. The van der Waals surface area contributed by atoms with Gasteiger partial charge in [0.2, 0.25) is 0 Å². The number of hydrogen-bond donors (Lipinski definition) is 4. The number of urea groups is 1. The quantitative estimate of drug-likeness (QED) is 0.680. The van der Waals surface area contributed by atoms with Gasteiger partial charge in [0.15, 0.2) is 0 Å². The summed E-state index contributed by atoms with van der Waals surface area (Å²) >= 11 is 0. The summed E-state index contributed by atoms with van der Waals surface area (Å²) in [7, 11) is 0. The van der Waals surface area contributed by atoms with Crippen LogP contribution in [0.5, 0.6) is 0 Å². The summed E-state index contributed by atoms with van der Waals surface area (Å²) < 4.78 is 0. The van der Waals surface area contributed by atoms with Gasteiger partial charge in [-0.25, -0.2) is 4.79 Å². The molecule has 0 aliphatic heterocycles. The van der Waals surface area contributed by atoms with Gasteiger partial charge in [-0.1, -0.05) is 26.8 Å². The van der Waals surface area contributed by atoms with E-state index in [1.54, 1.807) is 6.20 Å². The van der Waals surface area contributed by atoms with Crippen molar-refractivity contribution in [2.45, 2.75) is 33.2 Å². The van der Waals surface area contributed by atoms with Crippen LogP contribution >= 0.6 is 0 Å². The van der Waals surface area contributed by atoms with E-state index in [0.717, 1.165) is 0 Å². The summed E-state index contributed by atoms with van der Waals surface area (Å²) in [5, 5.41) is 21.7. The monoisotopic (exact) mass is 317 g/mol. The largest absolute Gasteiger partial charge is 0.394 e. The fourth-order valence-corrected chi connectivity index (χ4v) is 2.33. The highest BCUT2D eigenvalue weighted by Crippen LogP contribution is 2.23. The van der Waals surface area contributed by atoms with Crippen molar-refractivity contribution in [3.8, 4) is 11.4 Å². The maximum Gasteiger partial charge on any atom is 0.319 e. The molecule has 0 radical (unpaired) electrons. The van der Waals surface area contributed by atoms with Gasteiger partial charge in [-0.15, -0.1) is 0 Å². The molecule has 0 bridgehead atoms. The second kappa shape index (κ2) is 7.23. The third-order valence-corrected chi connectivity index (χ3v) is 3.22. The van der Waals surface area contributed by atoms with Gasteiger partial charge in [-0.3, -0.25) is 10.1 Å². The summed E-state index contributed by atoms with van der Waals surface area (Å²) in [5.41, 5.74) is 1.87. The number of carbonyl (C=O) groups excluding carboxylic acids is 1. The van der Waals surface area contributed by atoms with Crippen LogP contribution in [0.15, 0.2) is 30.6 Å². The number of nitrogens with zero attached hydrogens (tertiary/aromatic N) is 2. The average Bonchev–Trinajstić information content (AvgIpc) is 2.94. The van der Waals surface area contributed by atoms with Gasteiger partial charge in [-0.2, -0.15) is 5.10 Å². The lowest BCUT2D eigenvalue weighted by molar-refractivity contribution is 0.196. The molecule has 0 spiro atoms. The van der Waals surface area contributed by atoms with Crippen molar-refractivity contribution < 1.29 is 9.90 Å². The van der Waals surface area contributed by atoms with Crippen LogP contribution in [0.25, 0.3) is 11.4 Å². The molecule has 1 unspecified atom stereocenters. The van der Waals surface area contributed by atoms with Crippen molar-refractivity contribution in [1.82, 2.24) is 20.5 Å². The first kappa shape index (κ1) is 17.0. The standard InChI is InChI=1S/C16H23N5O2/c1-16(2,3)8-11(10-22)19-15(23)20-13-9-18-21-14(13)12-6-4-5-7-17-12/h4-7,9,11,22H,8,10H2,1-3H3,(H,18,21)(H2,19,20,23). The zero-order valence-corrected chi connectivity index (χ0v) is 13.6. The maximum absolute atomic E-state index is 12.2. The average molecular weight is 317 g/mol. The number of rotatable bonds is 5. The molecule has 4 N–H and O–H groups in total. The molecule has 0 aliphatic carbocycles. The van der Waals surface area contributed by atoms with E-state index in [-0.39, 0.29) is 24.1 Å². The van der Waals surface area contributed by atoms with Gasteiger partial charge in [-0.05, 0) is 24.0 Å². The molecule has 2 aromatic heterocycles. The first-order valence-corrected chi connectivity index (χ1v) is 7.52. The van der Waals surface area contributed by atoms with Crippen LogP contribution in [0.4, 0.5) is 10.5 Å². The summed E-state index contributed by atoms with van der Waals surface area (Å²) in [5.74, 6) is 0. The number of H-pyrrole nitrogens is 1. The van der Waals surface area contributed by atoms with Crippen molar-refractivity contribution in [3.63, 3.8) is 0 Å². The molecule has 2 rings (SSSR count). The fraction of sp³-hybridized carbons (Fsp3) is 0.438. The van der Waals surface area contributed by atoms with Crippen molar-refractivity contribution in [2.75, 3.05) is 11.9 Å². The topological polar surface area (TPSA) is 103 Å². The van der Waals surface area contributed by atoms with Crippen LogP contribution in [0, 0.1) is 5.41 Å². The Kier molecular flexibility index (Phi) is 5.33. The van der Waals surface area contributed by atoms with E-state index < -0.39 is 0 Å². The molecule has 124 valence electrons. The van der Waals surface area contributed by atoms with Crippen LogP contribution in [0.3, 0.4) is 0 Å². The smallest absolute Gasteiger partial charge is 0.319 e. The molecular formula is C16H23N5O2. The first-order valence-electron chi connectivity index (χ1n) is 7.52. The summed E-state index contributed by atoms with van der Waals surface area (Å²) in [4.78, 5) is 16.4. The Balaban J connectivity index is 2.03. The van der Waals surface area contributed by atoms with Crippen LogP contribution in [-0.4, -0.2) is 39.0 Å².